The monoisotopic (exact) mass is 1340 g/mol. The number of fused-ring (bicyclic) bond motifs is 5. The normalized spacial score (nSPS) is 25.3. The summed E-state index contributed by atoms with van der Waals surface area (Å²) in [5.74, 6) is -7.73. The smallest absolute Gasteiger partial charge is 0.410 e. The summed E-state index contributed by atoms with van der Waals surface area (Å²) >= 11 is 0. The number of nitrogens with one attached hydrogen (secondary N) is 2. The number of likely N-dealkylation sites (N-methyl/N-ethyl adjacent to an activating group) is 2. The summed E-state index contributed by atoms with van der Waals surface area (Å²) in [6, 6.07) is 32.2. The van der Waals surface area contributed by atoms with Crippen LogP contribution in [-0.4, -0.2) is 166 Å². The zero-order valence-electron chi connectivity index (χ0n) is 54.9. The van der Waals surface area contributed by atoms with E-state index in [1.807, 2.05) is 0 Å². The van der Waals surface area contributed by atoms with Crippen molar-refractivity contribution in [1.29, 1.82) is 0 Å². The third kappa shape index (κ3) is 14.0. The number of ether oxygens (including phenoxy) is 8. The van der Waals surface area contributed by atoms with Gasteiger partial charge in [0.25, 0.3) is 11.8 Å². The van der Waals surface area contributed by atoms with Gasteiger partial charge in [0, 0.05) is 82.5 Å². The van der Waals surface area contributed by atoms with E-state index in [-0.39, 0.29) is 76.5 Å². The highest BCUT2D eigenvalue weighted by atomic mass is 16.6. The number of rotatable bonds is 21. The van der Waals surface area contributed by atoms with Crippen molar-refractivity contribution >= 4 is 59.3 Å². The van der Waals surface area contributed by atoms with Crippen molar-refractivity contribution in [3.05, 3.63) is 183 Å². The fourth-order valence-electron chi connectivity index (χ4n) is 13.6. The van der Waals surface area contributed by atoms with Crippen LogP contribution in [0, 0.1) is 26.9 Å². The summed E-state index contributed by atoms with van der Waals surface area (Å²) in [6.45, 7) is 8.67. The van der Waals surface area contributed by atoms with Crippen LogP contribution in [0.15, 0.2) is 145 Å². The second-order valence-electron chi connectivity index (χ2n) is 25.9. The Balaban J connectivity index is 0.954. The van der Waals surface area contributed by atoms with E-state index in [9.17, 15) is 53.9 Å². The molecule has 5 aromatic carbocycles. The molecule has 1 saturated heterocycles. The first-order valence-electron chi connectivity index (χ1n) is 31.7. The second-order valence-corrected chi connectivity index (χ2v) is 25.9. The lowest BCUT2D eigenvalue weighted by atomic mass is 9.44. The van der Waals surface area contributed by atoms with Crippen LogP contribution in [0.25, 0.3) is 0 Å². The standard InChI is InChI=1S/C71H77N5O21/c1-39-52(37-71(87)61(96-64(83)46-23-17-12-18-24-46)59-69(7,53(79)36-54-70(59,38-90-54)97-42(4)78)60(80)57(92-41(3)77)55(39)68(71,5)6)94-65(84)58(56(43-19-13-10-14-20-43)73-63(82)44-21-15-11-16-22-44)95-67(86)75(9)34-33-74(8)66(85)91-40(2)47-27-32-50(76(88)89)51(35-47)93-49-30-25-45(26-31-49)62(81)72-48-28-29-48/h10-27,30-32,35,40,48,52-54,56-59,61,79,87H,28-29,33-34,36-38H2,1-9H3,(H,72,81)(H,73,82)/t40?,52-,53-,54+,56-,57+,58+,59-,61-,69+,70-,71+/m0/s1. The van der Waals surface area contributed by atoms with E-state index in [1.165, 1.54) is 115 Å². The molecule has 0 radical (unpaired) electrons. The SMILES string of the molecule is CC(=O)O[C@H]1C(=O)[C@@]2(C)[C@H]([C@H](OC(=O)c3ccccc3)[C@]3(O)C[C@H](OC(=O)[C@H](OC(=O)N(C)CCN(C)C(=O)OC(C)c4ccc([N+](=O)[O-])c(Oc5ccc(C(=O)NC6CC6)cc5)c4)[C@@H](NC(=O)c4ccccc4)c4ccccc4)C(C)=C1C3(C)C)[C@]1(OC(C)=O)CO[C@@H]1C[C@@H]2O. The maximum Gasteiger partial charge on any atom is 0.410 e. The average Bonchev–Trinajstić information content (AvgIpc) is 1.12. The van der Waals surface area contributed by atoms with Crippen molar-refractivity contribution in [3.63, 3.8) is 0 Å². The fourth-order valence-corrected chi connectivity index (χ4v) is 13.6. The number of amides is 4. The molecule has 4 aliphatic carbocycles. The number of Topliss-reactive ketones (excluding diaryl/α,β-unsaturated/α-hetero) is 1. The Bertz CT molecular complexity index is 3900. The minimum absolute atomic E-state index is 0.000510. The van der Waals surface area contributed by atoms with Crippen LogP contribution in [0.3, 0.4) is 0 Å². The average molecular weight is 1340 g/mol. The third-order valence-electron chi connectivity index (χ3n) is 19.3. The minimum atomic E-state index is -2.56. The molecule has 4 amide bonds. The Hall–Kier alpha value is -10.1. The van der Waals surface area contributed by atoms with Gasteiger partial charge in [0.05, 0.1) is 34.5 Å². The number of esters is 4. The number of nitro benzene ring substituents is 1. The van der Waals surface area contributed by atoms with Gasteiger partial charge in [-0.3, -0.25) is 34.1 Å². The van der Waals surface area contributed by atoms with E-state index in [0.717, 1.165) is 36.5 Å². The van der Waals surface area contributed by atoms with Crippen LogP contribution in [0.1, 0.15) is 128 Å². The van der Waals surface area contributed by atoms with E-state index in [2.05, 4.69) is 10.6 Å². The number of carbonyl (C=O) groups excluding carboxylic acids is 9. The number of nitro groups is 1. The summed E-state index contributed by atoms with van der Waals surface area (Å²) in [7, 11) is 2.69. The van der Waals surface area contributed by atoms with Gasteiger partial charge in [0.15, 0.2) is 17.5 Å². The molecule has 0 spiro atoms. The van der Waals surface area contributed by atoms with Gasteiger partial charge in [-0.1, -0.05) is 80.6 Å². The lowest BCUT2D eigenvalue weighted by molar-refractivity contribution is -0.385. The van der Waals surface area contributed by atoms with Crippen molar-refractivity contribution in [2.45, 2.75) is 140 Å². The van der Waals surface area contributed by atoms with Gasteiger partial charge < -0.3 is 68.5 Å². The number of aliphatic hydroxyl groups excluding tert-OH is 1. The number of hydrogen-bond acceptors (Lipinski definition) is 21. The van der Waals surface area contributed by atoms with Crippen LogP contribution in [0.5, 0.6) is 11.5 Å². The molecule has 3 saturated carbocycles. The molecule has 97 heavy (non-hydrogen) atoms. The number of carbonyl (C=O) groups is 9. The first-order valence-corrected chi connectivity index (χ1v) is 31.7. The molecule has 4 N–H and O–H groups in total. The zero-order chi connectivity index (χ0) is 70.1. The zero-order valence-corrected chi connectivity index (χ0v) is 54.9. The van der Waals surface area contributed by atoms with E-state index in [4.69, 9.17) is 37.9 Å². The minimum Gasteiger partial charge on any atom is -0.455 e. The third-order valence-corrected chi connectivity index (χ3v) is 19.3. The van der Waals surface area contributed by atoms with Gasteiger partial charge >= 0.3 is 41.8 Å². The lowest BCUT2D eigenvalue weighted by Gasteiger charge is -2.67. The molecule has 1 unspecified atom stereocenters. The van der Waals surface area contributed by atoms with Gasteiger partial charge in [-0.15, -0.1) is 0 Å². The Morgan fingerprint density at radius 1 is 0.742 bits per heavy atom. The first-order chi connectivity index (χ1) is 46.0. The van der Waals surface area contributed by atoms with E-state index >= 15 is 9.59 Å². The topological polar surface area (TPSA) is 342 Å². The largest absolute Gasteiger partial charge is 0.455 e. The summed E-state index contributed by atoms with van der Waals surface area (Å²) in [6.07, 6.45) is -12.8. The Morgan fingerprint density at radius 3 is 1.90 bits per heavy atom. The van der Waals surface area contributed by atoms with Crippen LogP contribution < -0.4 is 15.4 Å². The van der Waals surface area contributed by atoms with Gasteiger partial charge in [-0.25, -0.2) is 19.2 Å². The number of aliphatic hydroxyl groups is 2. The first kappa shape index (κ1) is 69.8. The molecular weight excluding hydrogens is 1260 g/mol. The molecule has 5 aromatic rings. The predicted molar refractivity (Wildman–Crippen MR) is 342 cm³/mol. The lowest BCUT2D eigenvalue weighted by Crippen LogP contribution is -2.82. The molecule has 1 aliphatic heterocycles. The molecule has 1 heterocycles. The fraction of sp³-hybridized carbons (Fsp3) is 0.423. The summed E-state index contributed by atoms with van der Waals surface area (Å²) in [4.78, 5) is 142. The maximum absolute atomic E-state index is 16.0. The van der Waals surface area contributed by atoms with Crippen LogP contribution >= 0.6 is 0 Å². The molecule has 2 bridgehead atoms. The molecule has 10 rings (SSSR count). The van der Waals surface area contributed by atoms with E-state index in [1.54, 1.807) is 66.7 Å². The highest BCUT2D eigenvalue weighted by molar-refractivity contribution is 5.97. The number of nitrogens with zero attached hydrogens (tertiary/aromatic N) is 3. The molecular formula is C71H77N5O21. The predicted octanol–water partition coefficient (Wildman–Crippen LogP) is 8.23. The van der Waals surface area contributed by atoms with Crippen molar-refractivity contribution in [2.24, 2.45) is 16.7 Å². The van der Waals surface area contributed by atoms with Crippen molar-refractivity contribution in [2.75, 3.05) is 33.8 Å². The van der Waals surface area contributed by atoms with Gasteiger partial charge in [0.1, 0.15) is 41.8 Å². The summed E-state index contributed by atoms with van der Waals surface area (Å²) < 4.78 is 49.0. The van der Waals surface area contributed by atoms with E-state index in [0.29, 0.717) is 11.1 Å². The van der Waals surface area contributed by atoms with Gasteiger partial charge in [-0.2, -0.15) is 0 Å². The Kier molecular flexibility index (Phi) is 20.1. The number of ketones is 1. The van der Waals surface area contributed by atoms with Gasteiger partial charge in [-0.05, 0) is 117 Å². The molecule has 512 valence electrons. The summed E-state index contributed by atoms with van der Waals surface area (Å²) in [5, 5.41) is 44.3. The van der Waals surface area contributed by atoms with Crippen LogP contribution in [0.2, 0.25) is 0 Å². The Morgan fingerprint density at radius 2 is 1.33 bits per heavy atom. The molecule has 26 heteroatoms. The van der Waals surface area contributed by atoms with Crippen LogP contribution in [-0.2, 0) is 52.3 Å². The second kappa shape index (κ2) is 28.0. The molecule has 26 nitrogen and oxygen atoms in total. The van der Waals surface area contributed by atoms with Crippen molar-refractivity contribution in [3.8, 4) is 11.5 Å². The molecule has 5 aliphatic rings. The van der Waals surface area contributed by atoms with Crippen LogP contribution in [0.4, 0.5) is 15.3 Å². The van der Waals surface area contributed by atoms with Gasteiger partial charge in [0.2, 0.25) is 11.9 Å². The molecule has 0 aromatic heterocycles. The highest BCUT2D eigenvalue weighted by Gasteiger charge is 2.78. The quantitative estimate of drug-likeness (QED) is 0.0177. The molecule has 4 fully saturated rings. The maximum atomic E-state index is 16.0. The Labute approximate surface area is 558 Å². The van der Waals surface area contributed by atoms with E-state index < -0.39 is 142 Å². The number of benzene rings is 5. The number of hydrogen-bond donors (Lipinski definition) is 4. The van der Waals surface area contributed by atoms with Crippen molar-refractivity contribution < 1.29 is 96.2 Å². The summed E-state index contributed by atoms with van der Waals surface area (Å²) in [5.41, 5.74) is -7.81. The highest BCUT2D eigenvalue weighted by Crippen LogP contribution is 2.64. The van der Waals surface area contributed by atoms with Crippen molar-refractivity contribution in [1.82, 2.24) is 20.4 Å². The molecule has 12 atom stereocenters.